The zero-order valence-electron chi connectivity index (χ0n) is 6.69. The molecule has 0 aromatic carbocycles. The molecule has 1 aliphatic heterocycles. The predicted molar refractivity (Wildman–Crippen MR) is 53.3 cm³/mol. The molecule has 0 unspecified atom stereocenters. The number of halogens is 2. The van der Waals surface area contributed by atoms with Crippen LogP contribution in [0, 0.1) is 0 Å². The third-order valence-corrected chi connectivity index (χ3v) is 1.86. The van der Waals surface area contributed by atoms with Crippen LogP contribution in [0.1, 0.15) is 5.82 Å². The molecule has 0 saturated heterocycles. The summed E-state index contributed by atoms with van der Waals surface area (Å²) in [6.45, 7) is 3.20. The summed E-state index contributed by atoms with van der Waals surface area (Å²) >= 11 is 0. The highest BCUT2D eigenvalue weighted by atomic mass is 35.5. The quantitative estimate of drug-likeness (QED) is 0.688. The van der Waals surface area contributed by atoms with Gasteiger partial charge in [-0.05, 0) is 0 Å². The zero-order chi connectivity index (χ0) is 6.81. The van der Waals surface area contributed by atoms with Gasteiger partial charge >= 0.3 is 0 Å². The lowest BCUT2D eigenvalue weighted by Crippen LogP contribution is -2.17. The summed E-state index contributed by atoms with van der Waals surface area (Å²) in [5.41, 5.74) is 0. The Morgan fingerprint density at radius 3 is 3.00 bits per heavy atom. The lowest BCUT2D eigenvalue weighted by atomic mass is 10.4. The highest BCUT2D eigenvalue weighted by molar-refractivity contribution is 5.85. The Balaban J connectivity index is 0.000000605. The number of aromatic nitrogens is 2. The van der Waals surface area contributed by atoms with E-state index >= 15 is 0 Å². The average molecular weight is 210 g/mol. The van der Waals surface area contributed by atoms with Gasteiger partial charge in [0.05, 0.1) is 0 Å². The van der Waals surface area contributed by atoms with Crippen LogP contribution in [0.15, 0.2) is 12.4 Å². The first-order valence-electron chi connectivity index (χ1n) is 3.67. The third-order valence-electron chi connectivity index (χ3n) is 1.86. The van der Waals surface area contributed by atoms with Gasteiger partial charge in [-0.25, -0.2) is 4.98 Å². The van der Waals surface area contributed by atoms with Crippen molar-refractivity contribution >= 4 is 24.8 Å². The molecular weight excluding hydrogens is 197 g/mol. The minimum atomic E-state index is 0. The summed E-state index contributed by atoms with van der Waals surface area (Å²) < 4.78 is 2.21. The third kappa shape index (κ3) is 2.37. The standard InChI is InChI=1S/C7H11N3.2ClH/c1-2-8-3-5-10-6-4-9-7(1)10;;/h4,6,8H,1-3,5H2;2*1H. The van der Waals surface area contributed by atoms with Crippen LogP contribution in [0.3, 0.4) is 0 Å². The zero-order valence-corrected chi connectivity index (χ0v) is 8.33. The fraction of sp³-hybridized carbons (Fsp3) is 0.571. The Hall–Kier alpha value is -0.250. The molecule has 1 N–H and O–H groups in total. The monoisotopic (exact) mass is 209 g/mol. The molecule has 0 radical (unpaired) electrons. The van der Waals surface area contributed by atoms with Crippen molar-refractivity contribution in [2.45, 2.75) is 13.0 Å². The van der Waals surface area contributed by atoms with Gasteiger partial charge in [-0.3, -0.25) is 0 Å². The minimum Gasteiger partial charge on any atom is -0.334 e. The Kier molecular flexibility index (Phi) is 5.29. The molecule has 0 fully saturated rings. The first-order chi connectivity index (χ1) is 4.97. The summed E-state index contributed by atoms with van der Waals surface area (Å²) in [4.78, 5) is 4.24. The van der Waals surface area contributed by atoms with E-state index in [2.05, 4.69) is 14.9 Å². The molecule has 1 aromatic heterocycles. The molecular formula is C7H13Cl2N3. The van der Waals surface area contributed by atoms with Crippen LogP contribution in [-0.4, -0.2) is 22.6 Å². The van der Waals surface area contributed by atoms with E-state index in [4.69, 9.17) is 0 Å². The number of rotatable bonds is 0. The highest BCUT2D eigenvalue weighted by Crippen LogP contribution is 1.99. The molecule has 0 atom stereocenters. The molecule has 5 heteroatoms. The lowest BCUT2D eigenvalue weighted by Gasteiger charge is -1.98. The fourth-order valence-corrected chi connectivity index (χ4v) is 1.30. The van der Waals surface area contributed by atoms with Gasteiger partial charge in [0.25, 0.3) is 0 Å². The van der Waals surface area contributed by atoms with Gasteiger partial charge in [-0.1, -0.05) is 0 Å². The predicted octanol–water partition coefficient (Wildman–Crippen LogP) is 0.872. The molecule has 0 saturated carbocycles. The first-order valence-corrected chi connectivity index (χ1v) is 3.67. The number of nitrogens with zero attached hydrogens (tertiary/aromatic N) is 2. The molecule has 1 aliphatic rings. The van der Waals surface area contributed by atoms with Crippen LogP contribution < -0.4 is 5.32 Å². The van der Waals surface area contributed by atoms with E-state index in [9.17, 15) is 0 Å². The second-order valence-corrected chi connectivity index (χ2v) is 2.54. The van der Waals surface area contributed by atoms with Gasteiger partial charge in [0.1, 0.15) is 5.82 Å². The van der Waals surface area contributed by atoms with Crippen LogP contribution in [0.5, 0.6) is 0 Å². The molecule has 2 heterocycles. The van der Waals surface area contributed by atoms with Crippen molar-refractivity contribution in [3.05, 3.63) is 18.2 Å². The van der Waals surface area contributed by atoms with E-state index in [1.165, 1.54) is 5.82 Å². The molecule has 0 amide bonds. The smallest absolute Gasteiger partial charge is 0.109 e. The van der Waals surface area contributed by atoms with E-state index in [-0.39, 0.29) is 24.8 Å². The van der Waals surface area contributed by atoms with Crippen LogP contribution in [-0.2, 0) is 13.0 Å². The summed E-state index contributed by atoms with van der Waals surface area (Å²) in [7, 11) is 0. The first kappa shape index (κ1) is 11.8. The summed E-state index contributed by atoms with van der Waals surface area (Å²) in [5, 5.41) is 3.32. The van der Waals surface area contributed by atoms with Crippen molar-refractivity contribution < 1.29 is 0 Å². The number of fused-ring (bicyclic) bond motifs is 1. The van der Waals surface area contributed by atoms with Crippen LogP contribution in [0.4, 0.5) is 0 Å². The normalized spacial score (nSPS) is 15.0. The number of hydrogen-bond acceptors (Lipinski definition) is 2. The molecule has 0 aliphatic carbocycles. The fourth-order valence-electron chi connectivity index (χ4n) is 1.30. The molecule has 2 rings (SSSR count). The second-order valence-electron chi connectivity index (χ2n) is 2.54. The largest absolute Gasteiger partial charge is 0.334 e. The number of hydrogen-bond donors (Lipinski definition) is 1. The maximum Gasteiger partial charge on any atom is 0.109 e. The summed E-state index contributed by atoms with van der Waals surface area (Å²) in [6.07, 6.45) is 4.98. The van der Waals surface area contributed by atoms with Crippen molar-refractivity contribution in [3.8, 4) is 0 Å². The number of nitrogens with one attached hydrogen (secondary N) is 1. The highest BCUT2D eigenvalue weighted by Gasteiger charge is 2.04. The van der Waals surface area contributed by atoms with Gasteiger partial charge < -0.3 is 9.88 Å². The molecule has 0 bridgehead atoms. The maximum absolute atomic E-state index is 4.24. The van der Waals surface area contributed by atoms with E-state index in [0.717, 1.165) is 26.1 Å². The van der Waals surface area contributed by atoms with Crippen molar-refractivity contribution in [2.75, 3.05) is 13.1 Å². The van der Waals surface area contributed by atoms with Gasteiger partial charge in [-0.2, -0.15) is 0 Å². The Morgan fingerprint density at radius 1 is 1.33 bits per heavy atom. The topological polar surface area (TPSA) is 29.9 Å². The van der Waals surface area contributed by atoms with E-state index in [1.54, 1.807) is 0 Å². The van der Waals surface area contributed by atoms with Crippen molar-refractivity contribution in [3.63, 3.8) is 0 Å². The van der Waals surface area contributed by atoms with Gasteiger partial charge in [0, 0.05) is 38.4 Å². The average Bonchev–Trinajstić information content (AvgIpc) is 2.28. The Labute approximate surface area is 84.4 Å². The molecule has 70 valence electrons. The summed E-state index contributed by atoms with van der Waals surface area (Å²) in [5.74, 6) is 1.21. The van der Waals surface area contributed by atoms with E-state index in [1.807, 2.05) is 12.4 Å². The van der Waals surface area contributed by atoms with E-state index in [0.29, 0.717) is 0 Å². The molecule has 0 spiro atoms. The van der Waals surface area contributed by atoms with Gasteiger partial charge in [0.15, 0.2) is 0 Å². The van der Waals surface area contributed by atoms with E-state index < -0.39 is 0 Å². The second kappa shape index (κ2) is 5.41. The van der Waals surface area contributed by atoms with Crippen LogP contribution in [0.25, 0.3) is 0 Å². The van der Waals surface area contributed by atoms with Crippen LogP contribution in [0.2, 0.25) is 0 Å². The van der Waals surface area contributed by atoms with Crippen molar-refractivity contribution in [1.29, 1.82) is 0 Å². The molecule has 1 aromatic rings. The Morgan fingerprint density at radius 2 is 2.17 bits per heavy atom. The van der Waals surface area contributed by atoms with Crippen LogP contribution >= 0.6 is 24.8 Å². The van der Waals surface area contributed by atoms with Gasteiger partial charge in [0.2, 0.25) is 0 Å². The minimum absolute atomic E-state index is 0. The SMILES string of the molecule is Cl.Cl.c1cn2c(n1)CCNCC2. The van der Waals surface area contributed by atoms with Gasteiger partial charge in [-0.15, -0.1) is 24.8 Å². The van der Waals surface area contributed by atoms with Crippen molar-refractivity contribution in [1.82, 2.24) is 14.9 Å². The van der Waals surface area contributed by atoms with Crippen molar-refractivity contribution in [2.24, 2.45) is 0 Å². The molecule has 3 nitrogen and oxygen atoms in total. The Bertz CT molecular complexity index is 204. The molecule has 12 heavy (non-hydrogen) atoms. The summed E-state index contributed by atoms with van der Waals surface area (Å²) in [6, 6.07) is 0. The maximum atomic E-state index is 4.24. The number of imidazole rings is 1. The lowest BCUT2D eigenvalue weighted by molar-refractivity contribution is 0.646.